The molecule has 0 heterocycles. The molecule has 1 aromatic rings. The molecular weight excluding hydrogens is 242 g/mol. The van der Waals surface area contributed by atoms with Crippen LogP contribution in [-0.4, -0.2) is 20.5 Å². The zero-order chi connectivity index (χ0) is 12.5. The number of hydrogen-bond acceptors (Lipinski definition) is 4. The fourth-order valence-electron chi connectivity index (χ4n) is 1.27. The third-order valence-electron chi connectivity index (χ3n) is 2.33. The minimum Gasteiger partial charge on any atom is -0.399 e. The first-order valence-corrected chi connectivity index (χ1v) is 6.64. The van der Waals surface area contributed by atoms with E-state index >= 15 is 0 Å². The monoisotopic (exact) mass is 255 g/mol. The smallest absolute Gasteiger partial charge is 0.328 e. The van der Waals surface area contributed by atoms with E-state index in [9.17, 15) is 13.2 Å². The van der Waals surface area contributed by atoms with E-state index in [2.05, 4.69) is 5.32 Å². The molecule has 1 saturated carbocycles. The number of sulfonamides is 1. The molecule has 1 aliphatic rings. The Hall–Kier alpha value is -1.76. The molecule has 0 unspecified atom stereocenters. The van der Waals surface area contributed by atoms with Crippen LogP contribution in [0.4, 0.5) is 10.5 Å². The molecule has 6 nitrogen and oxygen atoms in total. The van der Waals surface area contributed by atoms with E-state index in [1.54, 1.807) is 0 Å². The fraction of sp³-hybridized carbons (Fsp3) is 0.300. The standard InChI is InChI=1S/C10H13N3O3S/c11-7-1-5-9(6-2-7)17(15,16)13-10(14)12-8-3-4-8/h1-2,5-6,8H,3-4,11H2,(H2,12,13,14). The van der Waals surface area contributed by atoms with Gasteiger partial charge >= 0.3 is 6.03 Å². The van der Waals surface area contributed by atoms with Crippen LogP contribution >= 0.6 is 0 Å². The van der Waals surface area contributed by atoms with Crippen molar-refractivity contribution in [3.63, 3.8) is 0 Å². The van der Waals surface area contributed by atoms with E-state index in [1.807, 2.05) is 4.72 Å². The number of anilines is 1. The van der Waals surface area contributed by atoms with E-state index in [4.69, 9.17) is 5.73 Å². The topological polar surface area (TPSA) is 101 Å². The Morgan fingerprint density at radius 1 is 1.24 bits per heavy atom. The first-order valence-electron chi connectivity index (χ1n) is 5.16. The predicted octanol–water partition coefficient (Wildman–Crippen LogP) is 0.419. The number of nitrogens with two attached hydrogens (primary N) is 1. The zero-order valence-corrected chi connectivity index (χ0v) is 9.83. The lowest BCUT2D eigenvalue weighted by atomic mass is 10.3. The van der Waals surface area contributed by atoms with E-state index in [0.717, 1.165) is 12.8 Å². The minimum absolute atomic E-state index is 0.0117. The summed E-state index contributed by atoms with van der Waals surface area (Å²) in [6.45, 7) is 0. The summed E-state index contributed by atoms with van der Waals surface area (Å²) in [6, 6.07) is 5.05. The Morgan fingerprint density at radius 2 is 1.82 bits per heavy atom. The van der Waals surface area contributed by atoms with Crippen LogP contribution in [0.25, 0.3) is 0 Å². The summed E-state index contributed by atoms with van der Waals surface area (Å²) in [4.78, 5) is 11.3. The van der Waals surface area contributed by atoms with Gasteiger partial charge in [0.25, 0.3) is 10.0 Å². The van der Waals surface area contributed by atoms with Gasteiger partial charge < -0.3 is 11.1 Å². The predicted molar refractivity (Wildman–Crippen MR) is 62.7 cm³/mol. The van der Waals surface area contributed by atoms with Crippen molar-refractivity contribution in [3.05, 3.63) is 24.3 Å². The molecular formula is C10H13N3O3S. The molecule has 4 N–H and O–H groups in total. The number of nitrogen functional groups attached to an aromatic ring is 1. The lowest BCUT2D eigenvalue weighted by Gasteiger charge is -2.07. The van der Waals surface area contributed by atoms with Crippen molar-refractivity contribution >= 4 is 21.7 Å². The molecule has 0 aromatic heterocycles. The van der Waals surface area contributed by atoms with Crippen molar-refractivity contribution in [2.75, 3.05) is 5.73 Å². The highest BCUT2D eigenvalue weighted by atomic mass is 32.2. The molecule has 2 amide bonds. The number of rotatable bonds is 3. The quantitative estimate of drug-likeness (QED) is 0.681. The molecule has 1 fully saturated rings. The average molecular weight is 255 g/mol. The summed E-state index contributed by atoms with van der Waals surface area (Å²) < 4.78 is 25.4. The number of carbonyl (C=O) groups is 1. The molecule has 0 bridgehead atoms. The molecule has 0 atom stereocenters. The normalized spacial score (nSPS) is 15.3. The summed E-state index contributed by atoms with van der Waals surface area (Å²) in [5.41, 5.74) is 5.92. The third-order valence-corrected chi connectivity index (χ3v) is 3.68. The van der Waals surface area contributed by atoms with Gasteiger partial charge in [-0.2, -0.15) is 0 Å². The largest absolute Gasteiger partial charge is 0.399 e. The summed E-state index contributed by atoms with van der Waals surface area (Å²) >= 11 is 0. The number of nitrogens with one attached hydrogen (secondary N) is 2. The Labute approximate surface area is 99.2 Å². The number of hydrogen-bond donors (Lipinski definition) is 3. The summed E-state index contributed by atoms with van der Waals surface area (Å²) in [5, 5.41) is 2.54. The number of benzene rings is 1. The van der Waals surface area contributed by atoms with Gasteiger partial charge in [0, 0.05) is 11.7 Å². The maximum atomic E-state index is 11.7. The highest BCUT2D eigenvalue weighted by Crippen LogP contribution is 2.18. The van der Waals surface area contributed by atoms with Gasteiger partial charge in [0.15, 0.2) is 0 Å². The minimum atomic E-state index is -3.81. The Balaban J connectivity index is 2.07. The highest BCUT2D eigenvalue weighted by Gasteiger charge is 2.25. The van der Waals surface area contributed by atoms with Crippen molar-refractivity contribution in [3.8, 4) is 0 Å². The van der Waals surface area contributed by atoms with Gasteiger partial charge in [-0.05, 0) is 37.1 Å². The average Bonchev–Trinajstić information content (AvgIpc) is 3.01. The molecule has 0 radical (unpaired) electrons. The number of carbonyl (C=O) groups excluding carboxylic acids is 1. The van der Waals surface area contributed by atoms with Crippen LogP contribution < -0.4 is 15.8 Å². The van der Waals surface area contributed by atoms with Crippen LogP contribution in [0.15, 0.2) is 29.2 Å². The Bertz CT molecular complexity index is 520. The molecule has 0 aliphatic heterocycles. The van der Waals surface area contributed by atoms with Crippen molar-refractivity contribution in [1.82, 2.24) is 10.0 Å². The maximum Gasteiger partial charge on any atom is 0.328 e. The van der Waals surface area contributed by atoms with Crippen LogP contribution in [0.2, 0.25) is 0 Å². The fourth-order valence-corrected chi connectivity index (χ4v) is 2.19. The lowest BCUT2D eigenvalue weighted by molar-refractivity contribution is 0.245. The SMILES string of the molecule is Nc1ccc(S(=O)(=O)NC(=O)NC2CC2)cc1. The summed E-state index contributed by atoms with van der Waals surface area (Å²) in [7, 11) is -3.81. The summed E-state index contributed by atoms with van der Waals surface area (Å²) in [5.74, 6) is 0. The third kappa shape index (κ3) is 3.10. The maximum absolute atomic E-state index is 11.7. The second-order valence-electron chi connectivity index (χ2n) is 3.92. The van der Waals surface area contributed by atoms with Crippen LogP contribution in [0.3, 0.4) is 0 Å². The van der Waals surface area contributed by atoms with Crippen LogP contribution in [0.1, 0.15) is 12.8 Å². The van der Waals surface area contributed by atoms with Gasteiger partial charge in [0.1, 0.15) is 0 Å². The van der Waals surface area contributed by atoms with Gasteiger partial charge in [0.05, 0.1) is 4.90 Å². The highest BCUT2D eigenvalue weighted by molar-refractivity contribution is 7.90. The molecule has 7 heteroatoms. The van der Waals surface area contributed by atoms with Crippen LogP contribution in [-0.2, 0) is 10.0 Å². The van der Waals surface area contributed by atoms with Gasteiger partial charge in [-0.15, -0.1) is 0 Å². The second-order valence-corrected chi connectivity index (χ2v) is 5.60. The molecule has 17 heavy (non-hydrogen) atoms. The van der Waals surface area contributed by atoms with Crippen molar-refractivity contribution in [2.45, 2.75) is 23.8 Å². The van der Waals surface area contributed by atoms with Crippen LogP contribution in [0, 0.1) is 0 Å². The van der Waals surface area contributed by atoms with Crippen molar-refractivity contribution in [2.24, 2.45) is 0 Å². The summed E-state index contributed by atoms with van der Waals surface area (Å²) in [6.07, 6.45) is 1.80. The van der Waals surface area contributed by atoms with Gasteiger partial charge in [-0.3, -0.25) is 0 Å². The van der Waals surface area contributed by atoms with E-state index in [1.165, 1.54) is 24.3 Å². The second kappa shape index (κ2) is 4.25. The van der Waals surface area contributed by atoms with Gasteiger partial charge in [0.2, 0.25) is 0 Å². The number of urea groups is 1. The molecule has 2 rings (SSSR count). The lowest BCUT2D eigenvalue weighted by Crippen LogP contribution is -2.40. The molecule has 1 aromatic carbocycles. The Morgan fingerprint density at radius 3 is 2.35 bits per heavy atom. The molecule has 92 valence electrons. The molecule has 0 spiro atoms. The molecule has 1 aliphatic carbocycles. The van der Waals surface area contributed by atoms with E-state index < -0.39 is 16.1 Å². The Kier molecular flexibility index (Phi) is 2.93. The van der Waals surface area contributed by atoms with Crippen molar-refractivity contribution < 1.29 is 13.2 Å². The number of amides is 2. The van der Waals surface area contributed by atoms with E-state index in [-0.39, 0.29) is 10.9 Å². The van der Waals surface area contributed by atoms with E-state index in [0.29, 0.717) is 5.69 Å². The van der Waals surface area contributed by atoms with Crippen LogP contribution in [0.5, 0.6) is 0 Å². The van der Waals surface area contributed by atoms with Gasteiger partial charge in [-0.25, -0.2) is 17.9 Å². The van der Waals surface area contributed by atoms with Crippen molar-refractivity contribution in [1.29, 1.82) is 0 Å². The first kappa shape index (κ1) is 11.7. The van der Waals surface area contributed by atoms with Gasteiger partial charge in [-0.1, -0.05) is 0 Å². The molecule has 0 saturated heterocycles. The zero-order valence-electron chi connectivity index (χ0n) is 9.01. The first-order chi connectivity index (χ1) is 7.97.